The van der Waals surface area contributed by atoms with Crippen LogP contribution in [0.15, 0.2) is 55.0 Å². The Bertz CT molecular complexity index is 1430. The molecule has 6 heteroatoms. The molecule has 0 bridgehead atoms. The molecule has 1 aromatic carbocycles. The van der Waals surface area contributed by atoms with Crippen LogP contribution in [0.5, 0.6) is 0 Å². The fraction of sp³-hybridized carbons (Fsp3) is 0.308. The van der Waals surface area contributed by atoms with Crippen molar-refractivity contribution in [3.05, 3.63) is 72.1 Å². The Balaban J connectivity index is 1.42. The molecule has 1 aliphatic rings. The highest BCUT2D eigenvalue weighted by Crippen LogP contribution is 2.26. The Labute approximate surface area is 192 Å². The van der Waals surface area contributed by atoms with Crippen molar-refractivity contribution in [1.82, 2.24) is 19.5 Å². The number of anilines is 1. The number of rotatable bonds is 5. The largest absolute Gasteiger partial charge is 0.354 e. The second-order valence-electron chi connectivity index (χ2n) is 8.22. The molecule has 1 aliphatic heterocycles. The third kappa shape index (κ3) is 3.77. The average molecular weight is 429 g/mol. The van der Waals surface area contributed by atoms with E-state index in [1.54, 1.807) is 25.3 Å². The van der Waals surface area contributed by atoms with Gasteiger partial charge < -0.3 is 9.47 Å². The van der Waals surface area contributed by atoms with Gasteiger partial charge in [-0.25, -0.2) is 9.97 Å². The van der Waals surface area contributed by atoms with E-state index in [-0.39, 0.29) is 18.6 Å². The number of pyridine rings is 2. The van der Waals surface area contributed by atoms with Gasteiger partial charge in [0.15, 0.2) is 5.78 Å². The molecule has 4 aromatic rings. The van der Waals surface area contributed by atoms with E-state index in [0.29, 0.717) is 23.5 Å². The lowest BCUT2D eigenvalue weighted by Crippen LogP contribution is -2.27. The van der Waals surface area contributed by atoms with E-state index < -0.39 is 12.5 Å². The zero-order valence-electron chi connectivity index (χ0n) is 21.5. The monoisotopic (exact) mass is 428 g/mol. The third-order valence-electron chi connectivity index (χ3n) is 6.07. The maximum absolute atomic E-state index is 13.1. The number of Topliss-reactive ketones (excluding diaryl/α,β-unsaturated/α-hetero) is 1. The maximum Gasteiger partial charge on any atom is 0.169 e. The molecule has 0 spiro atoms. The summed E-state index contributed by atoms with van der Waals surface area (Å²) >= 11 is 0. The first kappa shape index (κ1) is 17.1. The molecule has 1 unspecified atom stereocenters. The first-order valence-electron chi connectivity index (χ1n) is 12.2. The van der Waals surface area contributed by atoms with Gasteiger partial charge in [0.2, 0.25) is 0 Å². The minimum absolute atomic E-state index is 0.111. The summed E-state index contributed by atoms with van der Waals surface area (Å²) in [6.45, 7) is 1.95. The molecule has 1 fully saturated rings. The number of hydrogen-bond acceptors (Lipinski definition) is 5. The summed E-state index contributed by atoms with van der Waals surface area (Å²) < 4.78 is 27.1. The average Bonchev–Trinajstić information content (AvgIpc) is 3.26. The summed E-state index contributed by atoms with van der Waals surface area (Å²) in [5.41, 5.74) is 3.14. The predicted octanol–water partition coefficient (Wildman–Crippen LogP) is 4.75. The van der Waals surface area contributed by atoms with Gasteiger partial charge in [0, 0.05) is 56.9 Å². The summed E-state index contributed by atoms with van der Waals surface area (Å²) in [4.78, 5) is 27.7. The van der Waals surface area contributed by atoms with Crippen molar-refractivity contribution in [2.24, 2.45) is 7.05 Å². The molecule has 1 atom stereocenters. The Kier molecular flexibility index (Phi) is 4.37. The highest BCUT2D eigenvalue weighted by atomic mass is 16.1. The van der Waals surface area contributed by atoms with Crippen LogP contribution < -0.4 is 4.90 Å². The van der Waals surface area contributed by atoms with Crippen LogP contribution in [-0.4, -0.2) is 37.8 Å². The van der Waals surface area contributed by atoms with Gasteiger partial charge in [-0.05, 0) is 56.3 Å². The molecule has 0 N–H and O–H groups in total. The van der Waals surface area contributed by atoms with E-state index in [0.717, 1.165) is 27.9 Å². The Morgan fingerprint density at radius 1 is 1.16 bits per heavy atom. The lowest BCUT2D eigenvalue weighted by Gasteiger charge is -2.22. The first-order chi connectivity index (χ1) is 16.5. The molecule has 0 radical (unpaired) electrons. The number of aromatic nitrogens is 4. The standard InChI is InChI=1S/C26H27N5O/c1-17-5-4-10-31(17)26-13-20(8-9-27-26)25(32)14-23-12-22-11-19(6-7-21(22)15-29-23)24-16-28-18(2)30(24)3/h6-9,11-13,15-17H,4-5,10,14H2,1-3H3/i10D2,17D. The summed E-state index contributed by atoms with van der Waals surface area (Å²) in [5, 5.41) is 1.98. The van der Waals surface area contributed by atoms with Crippen LogP contribution >= 0.6 is 0 Å². The molecule has 6 nitrogen and oxygen atoms in total. The van der Waals surface area contributed by atoms with Crippen molar-refractivity contribution in [3.8, 4) is 11.3 Å². The molecule has 32 heavy (non-hydrogen) atoms. The maximum atomic E-state index is 13.1. The second kappa shape index (κ2) is 8.19. The van der Waals surface area contributed by atoms with Crippen molar-refractivity contribution in [3.63, 3.8) is 0 Å². The van der Waals surface area contributed by atoms with Gasteiger partial charge in [-0.15, -0.1) is 0 Å². The van der Waals surface area contributed by atoms with E-state index in [1.165, 1.54) is 11.1 Å². The van der Waals surface area contributed by atoms with Crippen LogP contribution in [0.4, 0.5) is 5.82 Å². The highest BCUT2D eigenvalue weighted by Gasteiger charge is 2.22. The van der Waals surface area contributed by atoms with Crippen LogP contribution in [0.1, 0.15) is 45.8 Å². The first-order valence-corrected chi connectivity index (χ1v) is 10.7. The molecule has 4 heterocycles. The molecule has 5 rings (SSSR count). The normalized spacial score (nSPS) is 21.3. The molecule has 0 saturated carbocycles. The van der Waals surface area contributed by atoms with E-state index in [9.17, 15) is 4.79 Å². The lowest BCUT2D eigenvalue weighted by molar-refractivity contribution is 0.0992. The molecule has 0 aliphatic carbocycles. The number of imidazole rings is 1. The van der Waals surface area contributed by atoms with Crippen molar-refractivity contribution in [2.45, 2.75) is 39.1 Å². The smallest absolute Gasteiger partial charge is 0.169 e. The second-order valence-corrected chi connectivity index (χ2v) is 8.22. The van der Waals surface area contributed by atoms with Gasteiger partial charge in [0.05, 0.1) is 19.7 Å². The number of aryl methyl sites for hydroxylation is 1. The van der Waals surface area contributed by atoms with E-state index in [2.05, 4.69) is 21.0 Å². The predicted molar refractivity (Wildman–Crippen MR) is 127 cm³/mol. The van der Waals surface area contributed by atoms with Crippen molar-refractivity contribution in [1.29, 1.82) is 0 Å². The SMILES string of the molecule is [2H]C1([2H])CCC([2H])(C)N1c1cc(C(=O)Cc2cc3cc(-c4cnc(C)n4C)ccc3cn2)ccn1. The minimum atomic E-state index is -1.69. The number of carbonyl (C=O) groups excluding carboxylic acids is 1. The Morgan fingerprint density at radius 2 is 2.03 bits per heavy atom. The van der Waals surface area contributed by atoms with Gasteiger partial charge in [0.1, 0.15) is 11.6 Å². The molecule has 162 valence electrons. The number of ketones is 1. The lowest BCUT2D eigenvalue weighted by atomic mass is 10.0. The number of carbonyl (C=O) groups is 1. The molecular weight excluding hydrogens is 398 g/mol. The topological polar surface area (TPSA) is 63.9 Å². The van der Waals surface area contributed by atoms with Crippen LogP contribution in [0.3, 0.4) is 0 Å². The fourth-order valence-corrected chi connectivity index (χ4v) is 4.07. The van der Waals surface area contributed by atoms with Crippen molar-refractivity contribution < 1.29 is 8.91 Å². The van der Waals surface area contributed by atoms with Crippen LogP contribution in [0, 0.1) is 6.92 Å². The number of nitrogens with zero attached hydrogens (tertiary/aromatic N) is 5. The molecule has 1 saturated heterocycles. The summed E-state index contributed by atoms with van der Waals surface area (Å²) in [6, 6.07) is 10.2. The van der Waals surface area contributed by atoms with E-state index >= 15 is 0 Å². The minimum Gasteiger partial charge on any atom is -0.354 e. The van der Waals surface area contributed by atoms with Gasteiger partial charge in [-0.3, -0.25) is 9.78 Å². The number of hydrogen-bond donors (Lipinski definition) is 0. The highest BCUT2D eigenvalue weighted by molar-refractivity contribution is 5.98. The van der Waals surface area contributed by atoms with Gasteiger partial charge in [-0.1, -0.05) is 12.1 Å². The zero-order chi connectivity index (χ0) is 25.0. The molecular formula is C26H27N5O. The number of fused-ring (bicyclic) bond motifs is 1. The van der Waals surface area contributed by atoms with Crippen molar-refractivity contribution in [2.75, 3.05) is 11.4 Å². The molecule has 0 amide bonds. The van der Waals surface area contributed by atoms with Crippen molar-refractivity contribution >= 4 is 22.4 Å². The zero-order valence-corrected chi connectivity index (χ0v) is 18.5. The third-order valence-corrected chi connectivity index (χ3v) is 6.07. The summed E-state index contributed by atoms with van der Waals surface area (Å²) in [6.07, 6.45) is 5.88. The van der Waals surface area contributed by atoms with Crippen LogP contribution in [-0.2, 0) is 13.5 Å². The fourth-order valence-electron chi connectivity index (χ4n) is 4.07. The summed E-state index contributed by atoms with van der Waals surface area (Å²) in [5.74, 6) is 1.11. The molecule has 3 aromatic heterocycles. The summed E-state index contributed by atoms with van der Waals surface area (Å²) in [7, 11) is 1.98. The van der Waals surface area contributed by atoms with Gasteiger partial charge in [0.25, 0.3) is 0 Å². The van der Waals surface area contributed by atoms with Crippen LogP contribution in [0.25, 0.3) is 22.0 Å². The Hall–Kier alpha value is -3.54. The Morgan fingerprint density at radius 3 is 2.78 bits per heavy atom. The van der Waals surface area contributed by atoms with Gasteiger partial charge in [-0.2, -0.15) is 0 Å². The van der Waals surface area contributed by atoms with Crippen LogP contribution in [0.2, 0.25) is 0 Å². The van der Waals surface area contributed by atoms with Gasteiger partial charge >= 0.3 is 0 Å². The number of benzene rings is 1. The van der Waals surface area contributed by atoms with E-state index in [4.69, 9.17) is 4.11 Å². The quantitative estimate of drug-likeness (QED) is 0.429. The van der Waals surface area contributed by atoms with E-state index in [1.807, 2.05) is 42.9 Å².